The first-order chi connectivity index (χ1) is 19.1. The monoisotopic (exact) mass is 548 g/mol. The largest absolute Gasteiger partial charge is 0.103 e. The van der Waals surface area contributed by atoms with Gasteiger partial charge in [0, 0.05) is 0 Å². The summed E-state index contributed by atoms with van der Waals surface area (Å²) in [6, 6.07) is 22.1. The molecular weight excluding hydrogens is 487 g/mol. The van der Waals surface area contributed by atoms with Crippen LogP contribution in [0.25, 0.3) is 0 Å². The zero-order chi connectivity index (χ0) is 27.5. The summed E-state index contributed by atoms with van der Waals surface area (Å²) >= 11 is 0. The molecule has 1 fully saturated rings. The third kappa shape index (κ3) is 13.4. The Morgan fingerprint density at radius 2 is 1.03 bits per heavy atom. The average Bonchev–Trinajstić information content (AvgIpc) is 2.95. The van der Waals surface area contributed by atoms with Crippen LogP contribution >= 0.6 is 7.92 Å². The second-order valence-corrected chi connectivity index (χ2v) is 15.9. The molecule has 39 heavy (non-hydrogen) atoms. The highest BCUT2D eigenvalue weighted by Gasteiger charge is 2.35. The fourth-order valence-electron chi connectivity index (χ4n) is 7.01. The standard InChI is InChI=1S/C38H61P/c1-33(2)37-29-28-34(3)32-38(37)39(30-20-10-6-4-8-14-22-35-24-16-12-17-25-35)31-21-11-7-5-9-15-23-36-26-18-13-19-27-36/h12-13,16-19,24-27,33-34,37-38H,4-11,14-15,20-23,28-32H2,1-3H3. The van der Waals surface area contributed by atoms with Crippen molar-refractivity contribution in [1.82, 2.24) is 0 Å². The number of aryl methyl sites for hydroxylation is 2. The Kier molecular flexibility index (Phi) is 16.5. The Morgan fingerprint density at radius 3 is 1.49 bits per heavy atom. The summed E-state index contributed by atoms with van der Waals surface area (Å²) in [7, 11) is 0.207. The molecular formula is C38H61P. The van der Waals surface area contributed by atoms with Gasteiger partial charge in [-0.15, -0.1) is 7.92 Å². The van der Waals surface area contributed by atoms with E-state index in [1.807, 2.05) is 0 Å². The van der Waals surface area contributed by atoms with Crippen LogP contribution in [0.4, 0.5) is 0 Å². The van der Waals surface area contributed by atoms with E-state index in [-0.39, 0.29) is 7.92 Å². The van der Waals surface area contributed by atoms with E-state index < -0.39 is 0 Å². The molecule has 1 aliphatic rings. The van der Waals surface area contributed by atoms with Crippen LogP contribution in [0, 0.1) is 17.8 Å². The van der Waals surface area contributed by atoms with Crippen molar-refractivity contribution in [1.29, 1.82) is 0 Å². The third-order valence-electron chi connectivity index (χ3n) is 9.46. The van der Waals surface area contributed by atoms with E-state index in [9.17, 15) is 0 Å². The lowest BCUT2D eigenvalue weighted by Crippen LogP contribution is -2.32. The minimum absolute atomic E-state index is 0.207. The van der Waals surface area contributed by atoms with Gasteiger partial charge in [0.25, 0.3) is 0 Å². The van der Waals surface area contributed by atoms with Crippen LogP contribution in [0.2, 0.25) is 0 Å². The molecule has 0 nitrogen and oxygen atoms in total. The van der Waals surface area contributed by atoms with Crippen LogP contribution in [0.3, 0.4) is 0 Å². The number of benzene rings is 2. The summed E-state index contributed by atoms with van der Waals surface area (Å²) in [5.74, 6) is 2.84. The van der Waals surface area contributed by atoms with Crippen molar-refractivity contribution in [3.05, 3.63) is 71.8 Å². The van der Waals surface area contributed by atoms with E-state index in [2.05, 4.69) is 81.4 Å². The van der Waals surface area contributed by atoms with E-state index in [0.29, 0.717) is 0 Å². The topological polar surface area (TPSA) is 0 Å². The molecule has 0 aromatic heterocycles. The molecule has 3 atom stereocenters. The van der Waals surface area contributed by atoms with Crippen molar-refractivity contribution in [2.24, 2.45) is 17.8 Å². The molecule has 1 heteroatoms. The van der Waals surface area contributed by atoms with E-state index in [1.54, 1.807) is 12.3 Å². The van der Waals surface area contributed by atoms with Gasteiger partial charge < -0.3 is 0 Å². The molecule has 0 N–H and O–H groups in total. The average molecular weight is 549 g/mol. The summed E-state index contributed by atoms with van der Waals surface area (Å²) in [4.78, 5) is 0. The van der Waals surface area contributed by atoms with E-state index in [4.69, 9.17) is 0 Å². The van der Waals surface area contributed by atoms with Crippen LogP contribution in [0.15, 0.2) is 60.7 Å². The van der Waals surface area contributed by atoms with Gasteiger partial charge in [0.15, 0.2) is 0 Å². The molecule has 0 aliphatic heterocycles. The number of hydrogen-bond donors (Lipinski definition) is 0. The van der Waals surface area contributed by atoms with Crippen molar-refractivity contribution in [3.63, 3.8) is 0 Å². The molecule has 2 aromatic carbocycles. The zero-order valence-electron chi connectivity index (χ0n) is 26.0. The molecule has 0 saturated heterocycles. The Labute approximate surface area is 244 Å². The second-order valence-electron chi connectivity index (χ2n) is 13.1. The van der Waals surface area contributed by atoms with Gasteiger partial charge in [-0.05, 0) is 98.2 Å². The quantitative estimate of drug-likeness (QED) is 0.114. The molecule has 0 heterocycles. The van der Waals surface area contributed by atoms with Crippen molar-refractivity contribution in [2.45, 2.75) is 136 Å². The molecule has 0 amide bonds. The summed E-state index contributed by atoms with van der Waals surface area (Å²) in [6.07, 6.45) is 27.4. The normalized spacial score (nSPS) is 19.7. The highest BCUT2D eigenvalue weighted by molar-refractivity contribution is 7.58. The van der Waals surface area contributed by atoms with Gasteiger partial charge in [-0.1, -0.05) is 139 Å². The van der Waals surface area contributed by atoms with Gasteiger partial charge in [-0.3, -0.25) is 0 Å². The van der Waals surface area contributed by atoms with Crippen molar-refractivity contribution >= 4 is 7.92 Å². The van der Waals surface area contributed by atoms with Gasteiger partial charge in [0.1, 0.15) is 0 Å². The SMILES string of the molecule is CC1CCC(C(C)C)C(P(CCCCCCCCc2ccccc2)CCCCCCCCc2ccccc2)C1. The van der Waals surface area contributed by atoms with Crippen LogP contribution in [0.5, 0.6) is 0 Å². The summed E-state index contributed by atoms with van der Waals surface area (Å²) in [5, 5.41) is 0. The molecule has 218 valence electrons. The molecule has 3 unspecified atom stereocenters. The molecule has 0 bridgehead atoms. The molecule has 1 saturated carbocycles. The van der Waals surface area contributed by atoms with Crippen molar-refractivity contribution in [3.8, 4) is 0 Å². The Hall–Kier alpha value is -1.13. The lowest BCUT2D eigenvalue weighted by atomic mass is 9.77. The van der Waals surface area contributed by atoms with Crippen LogP contribution in [-0.4, -0.2) is 18.0 Å². The first kappa shape index (κ1) is 32.4. The van der Waals surface area contributed by atoms with Gasteiger partial charge in [-0.25, -0.2) is 0 Å². The van der Waals surface area contributed by atoms with E-state index >= 15 is 0 Å². The Morgan fingerprint density at radius 1 is 0.590 bits per heavy atom. The number of unbranched alkanes of at least 4 members (excludes halogenated alkanes) is 10. The van der Waals surface area contributed by atoms with Gasteiger partial charge in [0.05, 0.1) is 0 Å². The minimum atomic E-state index is 0.207. The van der Waals surface area contributed by atoms with Crippen LogP contribution < -0.4 is 0 Å². The highest BCUT2D eigenvalue weighted by Crippen LogP contribution is 2.54. The van der Waals surface area contributed by atoms with Crippen molar-refractivity contribution in [2.75, 3.05) is 12.3 Å². The second kappa shape index (κ2) is 19.9. The highest BCUT2D eigenvalue weighted by atomic mass is 31.1. The van der Waals surface area contributed by atoms with Gasteiger partial charge >= 0.3 is 0 Å². The lowest BCUT2D eigenvalue weighted by molar-refractivity contribution is 0.240. The Bertz CT molecular complexity index is 773. The fourth-order valence-corrected chi connectivity index (χ4v) is 10.8. The summed E-state index contributed by atoms with van der Waals surface area (Å²) in [6.45, 7) is 7.58. The maximum absolute atomic E-state index is 2.54. The molecule has 1 aliphatic carbocycles. The minimum Gasteiger partial charge on any atom is -0.103 e. The Balaban J connectivity index is 1.33. The maximum atomic E-state index is 2.54. The molecule has 0 radical (unpaired) electrons. The first-order valence-electron chi connectivity index (χ1n) is 17.0. The smallest absolute Gasteiger partial charge is 0.0176 e. The third-order valence-corrected chi connectivity index (χ3v) is 12.8. The maximum Gasteiger partial charge on any atom is -0.0176 e. The molecule has 0 spiro atoms. The molecule has 3 rings (SSSR count). The van der Waals surface area contributed by atoms with Crippen molar-refractivity contribution < 1.29 is 0 Å². The molecule has 2 aromatic rings. The summed E-state index contributed by atoms with van der Waals surface area (Å²) in [5.41, 5.74) is 4.08. The van der Waals surface area contributed by atoms with Crippen LogP contribution in [-0.2, 0) is 12.8 Å². The van der Waals surface area contributed by atoms with E-state index in [1.165, 1.54) is 120 Å². The first-order valence-corrected chi connectivity index (χ1v) is 18.7. The van der Waals surface area contributed by atoms with Crippen LogP contribution in [0.1, 0.15) is 128 Å². The zero-order valence-corrected chi connectivity index (χ0v) is 26.9. The lowest BCUT2D eigenvalue weighted by Gasteiger charge is -2.42. The summed E-state index contributed by atoms with van der Waals surface area (Å²) < 4.78 is 0. The fraction of sp³-hybridized carbons (Fsp3) is 0.684. The van der Waals surface area contributed by atoms with E-state index in [0.717, 1.165) is 23.4 Å². The number of rotatable bonds is 20. The van der Waals surface area contributed by atoms with Gasteiger partial charge in [-0.2, -0.15) is 0 Å². The van der Waals surface area contributed by atoms with Gasteiger partial charge in [0.2, 0.25) is 0 Å². The predicted molar refractivity (Wildman–Crippen MR) is 177 cm³/mol. The number of hydrogen-bond acceptors (Lipinski definition) is 0. The predicted octanol–water partition coefficient (Wildman–Crippen LogP) is 12.1.